The highest BCUT2D eigenvalue weighted by Crippen LogP contribution is 2.23. The second kappa shape index (κ2) is 6.95. The maximum atomic E-state index is 12.0. The topological polar surface area (TPSA) is 38.3 Å². The molecule has 0 radical (unpaired) electrons. The van der Waals surface area contributed by atoms with E-state index in [2.05, 4.69) is 5.32 Å². The fraction of sp³-hybridized carbons (Fsp3) is 0.118. The number of amides is 1. The molecule has 1 amide bonds. The molecule has 0 saturated heterocycles. The second-order valence-corrected chi connectivity index (χ2v) is 4.88. The predicted octanol–water partition coefficient (Wildman–Crippen LogP) is 4.31. The van der Waals surface area contributed by atoms with E-state index in [1.165, 1.54) is 6.08 Å². The van der Waals surface area contributed by atoms with Crippen LogP contribution in [0.5, 0.6) is 5.75 Å². The van der Waals surface area contributed by atoms with Gasteiger partial charge in [0.25, 0.3) is 0 Å². The Morgan fingerprint density at radius 2 is 1.95 bits per heavy atom. The van der Waals surface area contributed by atoms with Crippen LogP contribution in [0.3, 0.4) is 0 Å². The summed E-state index contributed by atoms with van der Waals surface area (Å²) in [6, 6.07) is 12.9. The molecular formula is C17H16ClNO2. The lowest BCUT2D eigenvalue weighted by Gasteiger charge is -2.07. The lowest BCUT2D eigenvalue weighted by molar-refractivity contribution is -0.111. The molecule has 0 aliphatic heterocycles. The molecule has 0 spiro atoms. The van der Waals surface area contributed by atoms with Gasteiger partial charge in [0.1, 0.15) is 5.75 Å². The van der Waals surface area contributed by atoms with Gasteiger partial charge in [0.15, 0.2) is 0 Å². The highest BCUT2D eigenvalue weighted by Gasteiger charge is 2.04. The van der Waals surface area contributed by atoms with E-state index in [1.807, 2.05) is 37.3 Å². The molecule has 2 aromatic rings. The van der Waals surface area contributed by atoms with Gasteiger partial charge in [-0.2, -0.15) is 0 Å². The molecular weight excluding hydrogens is 286 g/mol. The van der Waals surface area contributed by atoms with E-state index in [-0.39, 0.29) is 5.91 Å². The maximum Gasteiger partial charge on any atom is 0.248 e. The number of hydrogen-bond acceptors (Lipinski definition) is 2. The molecule has 0 aliphatic carbocycles. The summed E-state index contributed by atoms with van der Waals surface area (Å²) in [7, 11) is 1.60. The van der Waals surface area contributed by atoms with Crippen molar-refractivity contribution in [3.8, 4) is 5.75 Å². The second-order valence-electron chi connectivity index (χ2n) is 4.48. The van der Waals surface area contributed by atoms with Gasteiger partial charge in [0.2, 0.25) is 5.91 Å². The number of nitrogens with one attached hydrogen (secondary N) is 1. The van der Waals surface area contributed by atoms with Crippen LogP contribution in [0.2, 0.25) is 5.02 Å². The van der Waals surface area contributed by atoms with Crippen LogP contribution in [-0.4, -0.2) is 13.0 Å². The lowest BCUT2D eigenvalue weighted by atomic mass is 10.1. The van der Waals surface area contributed by atoms with Crippen molar-refractivity contribution in [1.82, 2.24) is 0 Å². The van der Waals surface area contributed by atoms with Crippen molar-refractivity contribution < 1.29 is 9.53 Å². The quantitative estimate of drug-likeness (QED) is 0.855. The largest absolute Gasteiger partial charge is 0.496 e. The van der Waals surface area contributed by atoms with Gasteiger partial charge < -0.3 is 10.1 Å². The number of para-hydroxylation sites is 1. The summed E-state index contributed by atoms with van der Waals surface area (Å²) in [4.78, 5) is 12.0. The smallest absolute Gasteiger partial charge is 0.248 e. The minimum atomic E-state index is -0.216. The van der Waals surface area contributed by atoms with Crippen LogP contribution in [0.1, 0.15) is 11.1 Å². The first-order valence-electron chi connectivity index (χ1n) is 6.49. The van der Waals surface area contributed by atoms with E-state index in [0.717, 1.165) is 16.9 Å². The number of ether oxygens (including phenoxy) is 1. The van der Waals surface area contributed by atoms with E-state index >= 15 is 0 Å². The molecule has 0 aliphatic rings. The number of anilines is 1. The average Bonchev–Trinajstić information content (AvgIpc) is 2.50. The molecule has 0 saturated carbocycles. The Bertz CT molecular complexity index is 680. The fourth-order valence-electron chi connectivity index (χ4n) is 1.89. The number of methoxy groups -OCH3 is 1. The number of carbonyl (C=O) groups excluding carboxylic acids is 1. The molecule has 0 bridgehead atoms. The molecule has 3 nitrogen and oxygen atoms in total. The Morgan fingerprint density at radius 3 is 2.71 bits per heavy atom. The first-order chi connectivity index (χ1) is 10.1. The normalized spacial score (nSPS) is 10.6. The summed E-state index contributed by atoms with van der Waals surface area (Å²) in [5.41, 5.74) is 2.40. The van der Waals surface area contributed by atoms with E-state index in [1.54, 1.807) is 25.3 Å². The van der Waals surface area contributed by atoms with E-state index in [4.69, 9.17) is 16.3 Å². The van der Waals surface area contributed by atoms with Crippen molar-refractivity contribution in [3.05, 3.63) is 64.7 Å². The zero-order chi connectivity index (χ0) is 15.2. The molecule has 4 heteroatoms. The summed E-state index contributed by atoms with van der Waals surface area (Å²) in [5, 5.41) is 3.43. The SMILES string of the molecule is COc1ccccc1C=CC(=O)Nc1cccc(Cl)c1C. The monoisotopic (exact) mass is 301 g/mol. The maximum absolute atomic E-state index is 12.0. The van der Waals surface area contributed by atoms with Crippen LogP contribution in [0.15, 0.2) is 48.5 Å². The van der Waals surface area contributed by atoms with Gasteiger partial charge in [-0.25, -0.2) is 0 Å². The predicted molar refractivity (Wildman–Crippen MR) is 86.8 cm³/mol. The average molecular weight is 302 g/mol. The molecule has 21 heavy (non-hydrogen) atoms. The van der Waals surface area contributed by atoms with Crippen LogP contribution in [0.4, 0.5) is 5.69 Å². The Kier molecular flexibility index (Phi) is 5.01. The number of rotatable bonds is 4. The molecule has 0 atom stereocenters. The molecule has 108 valence electrons. The molecule has 2 aromatic carbocycles. The number of hydrogen-bond donors (Lipinski definition) is 1. The zero-order valence-corrected chi connectivity index (χ0v) is 12.6. The first kappa shape index (κ1) is 15.1. The third-order valence-corrected chi connectivity index (χ3v) is 3.49. The molecule has 0 heterocycles. The highest BCUT2D eigenvalue weighted by atomic mass is 35.5. The Balaban J connectivity index is 2.11. The van der Waals surface area contributed by atoms with Crippen molar-refractivity contribution in [2.75, 3.05) is 12.4 Å². The Labute approximate surface area is 129 Å². The summed E-state index contributed by atoms with van der Waals surface area (Å²) in [5.74, 6) is 0.506. The van der Waals surface area contributed by atoms with Gasteiger partial charge in [0, 0.05) is 22.3 Å². The molecule has 2 rings (SSSR count). The van der Waals surface area contributed by atoms with Crippen molar-refractivity contribution in [3.63, 3.8) is 0 Å². The Hall–Kier alpha value is -2.26. The van der Waals surface area contributed by atoms with Crippen LogP contribution < -0.4 is 10.1 Å². The van der Waals surface area contributed by atoms with Gasteiger partial charge >= 0.3 is 0 Å². The fourth-order valence-corrected chi connectivity index (χ4v) is 2.06. The minimum Gasteiger partial charge on any atom is -0.496 e. The van der Waals surface area contributed by atoms with Crippen LogP contribution in [0, 0.1) is 6.92 Å². The molecule has 0 unspecified atom stereocenters. The first-order valence-corrected chi connectivity index (χ1v) is 6.87. The number of benzene rings is 2. The van der Waals surface area contributed by atoms with Gasteiger partial charge in [-0.05, 0) is 36.8 Å². The molecule has 1 N–H and O–H groups in total. The van der Waals surface area contributed by atoms with E-state index in [9.17, 15) is 4.79 Å². The Morgan fingerprint density at radius 1 is 1.19 bits per heavy atom. The summed E-state index contributed by atoms with van der Waals surface area (Å²) in [6.07, 6.45) is 3.19. The van der Waals surface area contributed by atoms with Crippen LogP contribution in [0.25, 0.3) is 6.08 Å². The number of halogens is 1. The third-order valence-electron chi connectivity index (χ3n) is 3.08. The summed E-state index contributed by atoms with van der Waals surface area (Å²) >= 11 is 6.02. The lowest BCUT2D eigenvalue weighted by Crippen LogP contribution is -2.09. The van der Waals surface area contributed by atoms with Crippen molar-refractivity contribution >= 4 is 29.3 Å². The number of carbonyl (C=O) groups is 1. The molecule has 0 fully saturated rings. The van der Waals surface area contributed by atoms with E-state index in [0.29, 0.717) is 10.7 Å². The minimum absolute atomic E-state index is 0.216. The van der Waals surface area contributed by atoms with Gasteiger partial charge in [-0.15, -0.1) is 0 Å². The summed E-state index contributed by atoms with van der Waals surface area (Å²) < 4.78 is 5.23. The summed E-state index contributed by atoms with van der Waals surface area (Å²) in [6.45, 7) is 1.86. The van der Waals surface area contributed by atoms with Crippen molar-refractivity contribution in [1.29, 1.82) is 0 Å². The van der Waals surface area contributed by atoms with E-state index < -0.39 is 0 Å². The molecule has 0 aromatic heterocycles. The standard InChI is InChI=1S/C17H16ClNO2/c1-12-14(18)7-5-8-15(12)19-17(20)11-10-13-6-3-4-9-16(13)21-2/h3-11H,1-2H3,(H,19,20). The van der Waals surface area contributed by atoms with Crippen LogP contribution in [-0.2, 0) is 4.79 Å². The van der Waals surface area contributed by atoms with Crippen LogP contribution >= 0.6 is 11.6 Å². The van der Waals surface area contributed by atoms with Gasteiger partial charge in [-0.3, -0.25) is 4.79 Å². The third kappa shape index (κ3) is 3.86. The van der Waals surface area contributed by atoms with Crippen molar-refractivity contribution in [2.45, 2.75) is 6.92 Å². The highest BCUT2D eigenvalue weighted by molar-refractivity contribution is 6.31. The van der Waals surface area contributed by atoms with Gasteiger partial charge in [0.05, 0.1) is 7.11 Å². The zero-order valence-electron chi connectivity index (χ0n) is 11.9. The van der Waals surface area contributed by atoms with Crippen molar-refractivity contribution in [2.24, 2.45) is 0 Å². The van der Waals surface area contributed by atoms with Gasteiger partial charge in [-0.1, -0.05) is 35.9 Å².